The van der Waals surface area contributed by atoms with Crippen LogP contribution < -0.4 is 4.90 Å². The number of unbranched alkanes of at least 4 members (excludes halogenated alkanes) is 3. The molecule has 1 heteroatoms. The van der Waals surface area contributed by atoms with Crippen LogP contribution in [0.2, 0.25) is 0 Å². The molecule has 0 saturated carbocycles. The average Bonchev–Trinajstić information content (AvgIpc) is 2.25. The number of hydrogen-bond donors (Lipinski definition) is 0. The van der Waals surface area contributed by atoms with Gasteiger partial charge in [-0.25, -0.2) is 0 Å². The van der Waals surface area contributed by atoms with E-state index < -0.39 is 0 Å². The molecule has 0 aliphatic carbocycles. The van der Waals surface area contributed by atoms with Crippen molar-refractivity contribution in [1.82, 2.24) is 0 Å². The molecule has 0 radical (unpaired) electrons. The van der Waals surface area contributed by atoms with Crippen LogP contribution in [0, 0.1) is 0 Å². The normalized spacial score (nSPS) is 10.3. The van der Waals surface area contributed by atoms with E-state index in [1.807, 2.05) is 0 Å². The number of benzene rings is 1. The van der Waals surface area contributed by atoms with Gasteiger partial charge in [0.1, 0.15) is 0 Å². The van der Waals surface area contributed by atoms with E-state index in [9.17, 15) is 0 Å². The Morgan fingerprint density at radius 1 is 0.933 bits per heavy atom. The Hall–Kier alpha value is -0.980. The highest BCUT2D eigenvalue weighted by Gasteiger charge is 1.96. The fraction of sp³-hybridized carbons (Fsp3) is 0.571. The molecule has 1 aromatic carbocycles. The van der Waals surface area contributed by atoms with Gasteiger partial charge in [0.15, 0.2) is 0 Å². The van der Waals surface area contributed by atoms with Gasteiger partial charge in [0.25, 0.3) is 0 Å². The molecule has 1 rings (SSSR count). The van der Waals surface area contributed by atoms with Crippen LogP contribution in [0.15, 0.2) is 24.3 Å². The topological polar surface area (TPSA) is 3.24 Å². The second-order valence-electron chi connectivity index (χ2n) is 4.37. The van der Waals surface area contributed by atoms with Crippen molar-refractivity contribution in [3.8, 4) is 0 Å². The van der Waals surface area contributed by atoms with Crippen LogP contribution >= 0.6 is 0 Å². The Balaban J connectivity index is 2.36. The summed E-state index contributed by atoms with van der Waals surface area (Å²) in [5.74, 6) is 0. The summed E-state index contributed by atoms with van der Waals surface area (Å²) < 4.78 is 0. The van der Waals surface area contributed by atoms with E-state index >= 15 is 0 Å². The van der Waals surface area contributed by atoms with Gasteiger partial charge in [-0.3, -0.25) is 0 Å². The van der Waals surface area contributed by atoms with Gasteiger partial charge < -0.3 is 4.90 Å². The molecule has 0 amide bonds. The highest BCUT2D eigenvalue weighted by molar-refractivity contribution is 5.45. The van der Waals surface area contributed by atoms with Crippen molar-refractivity contribution in [3.63, 3.8) is 0 Å². The molecule has 0 unspecified atom stereocenters. The third-order valence-corrected chi connectivity index (χ3v) is 2.77. The summed E-state index contributed by atoms with van der Waals surface area (Å²) in [5, 5.41) is 0. The van der Waals surface area contributed by atoms with Crippen molar-refractivity contribution in [2.24, 2.45) is 0 Å². The average molecular weight is 205 g/mol. The van der Waals surface area contributed by atoms with E-state index in [4.69, 9.17) is 0 Å². The number of hydrogen-bond acceptors (Lipinski definition) is 1. The van der Waals surface area contributed by atoms with Gasteiger partial charge in [-0.1, -0.05) is 38.3 Å². The molecular weight excluding hydrogens is 182 g/mol. The molecule has 0 heterocycles. The largest absolute Gasteiger partial charge is 0.378 e. The zero-order chi connectivity index (χ0) is 11.1. The van der Waals surface area contributed by atoms with Gasteiger partial charge in [-0.15, -0.1) is 0 Å². The van der Waals surface area contributed by atoms with Gasteiger partial charge in [-0.05, 0) is 30.5 Å². The fourth-order valence-electron chi connectivity index (χ4n) is 1.72. The first-order valence-corrected chi connectivity index (χ1v) is 6.00. The molecule has 1 nitrogen and oxygen atoms in total. The van der Waals surface area contributed by atoms with Crippen LogP contribution in [-0.4, -0.2) is 14.1 Å². The maximum Gasteiger partial charge on any atom is 0.0361 e. The predicted octanol–water partition coefficient (Wildman–Crippen LogP) is 3.88. The highest BCUT2D eigenvalue weighted by Crippen LogP contribution is 2.14. The first-order valence-electron chi connectivity index (χ1n) is 6.00. The summed E-state index contributed by atoms with van der Waals surface area (Å²) in [5.41, 5.74) is 2.75. The number of anilines is 1. The van der Waals surface area contributed by atoms with Crippen molar-refractivity contribution >= 4 is 5.69 Å². The molecular formula is C14H23N. The van der Waals surface area contributed by atoms with E-state index in [1.165, 1.54) is 43.4 Å². The lowest BCUT2D eigenvalue weighted by Gasteiger charge is -2.12. The summed E-state index contributed by atoms with van der Waals surface area (Å²) in [6, 6.07) is 8.91. The van der Waals surface area contributed by atoms with Crippen LogP contribution in [0.3, 0.4) is 0 Å². The van der Waals surface area contributed by atoms with E-state index in [1.54, 1.807) is 0 Å². The van der Waals surface area contributed by atoms with Crippen molar-refractivity contribution in [2.75, 3.05) is 19.0 Å². The summed E-state index contributed by atoms with van der Waals surface area (Å²) in [6.45, 7) is 2.26. The van der Waals surface area contributed by atoms with Gasteiger partial charge in [0, 0.05) is 19.8 Å². The lowest BCUT2D eigenvalue weighted by molar-refractivity contribution is 0.667. The molecule has 0 aromatic heterocycles. The lowest BCUT2D eigenvalue weighted by atomic mass is 10.1. The standard InChI is InChI=1S/C14H23N/c1-4-5-6-7-8-13-9-11-14(12-10-13)15(2)3/h9-12H,4-8H2,1-3H3. The van der Waals surface area contributed by atoms with Crippen LogP contribution in [0.1, 0.15) is 38.2 Å². The minimum atomic E-state index is 1.23. The molecule has 1 aromatic rings. The number of rotatable bonds is 6. The second kappa shape index (κ2) is 6.49. The molecule has 0 aliphatic heterocycles. The number of nitrogens with zero attached hydrogens (tertiary/aromatic N) is 1. The summed E-state index contributed by atoms with van der Waals surface area (Å²) in [6.07, 6.45) is 6.62. The molecule has 0 spiro atoms. The van der Waals surface area contributed by atoms with Crippen LogP contribution in [0.4, 0.5) is 5.69 Å². The van der Waals surface area contributed by atoms with Gasteiger partial charge in [0.05, 0.1) is 0 Å². The SMILES string of the molecule is CCCCCCc1ccc(N(C)C)cc1. The molecule has 0 N–H and O–H groups in total. The molecule has 0 aliphatic rings. The van der Waals surface area contributed by atoms with Crippen molar-refractivity contribution in [2.45, 2.75) is 39.0 Å². The Kier molecular flexibility index (Phi) is 5.23. The quantitative estimate of drug-likeness (QED) is 0.637. The van der Waals surface area contributed by atoms with E-state index in [0.29, 0.717) is 0 Å². The monoisotopic (exact) mass is 205 g/mol. The maximum absolute atomic E-state index is 2.26. The smallest absolute Gasteiger partial charge is 0.0361 e. The predicted molar refractivity (Wildman–Crippen MR) is 68.6 cm³/mol. The van der Waals surface area contributed by atoms with Crippen molar-refractivity contribution in [1.29, 1.82) is 0 Å². The third-order valence-electron chi connectivity index (χ3n) is 2.77. The molecule has 0 bridgehead atoms. The van der Waals surface area contributed by atoms with Gasteiger partial charge in [0.2, 0.25) is 0 Å². The van der Waals surface area contributed by atoms with Crippen LogP contribution in [0.25, 0.3) is 0 Å². The molecule has 0 saturated heterocycles. The maximum atomic E-state index is 2.26. The van der Waals surface area contributed by atoms with Crippen molar-refractivity contribution in [3.05, 3.63) is 29.8 Å². The second-order valence-corrected chi connectivity index (χ2v) is 4.37. The summed E-state index contributed by atoms with van der Waals surface area (Å²) >= 11 is 0. The lowest BCUT2D eigenvalue weighted by Crippen LogP contribution is -2.08. The van der Waals surface area contributed by atoms with E-state index in [-0.39, 0.29) is 0 Å². The minimum absolute atomic E-state index is 1.23. The Bertz CT molecular complexity index is 261. The fourth-order valence-corrected chi connectivity index (χ4v) is 1.72. The van der Waals surface area contributed by atoms with Crippen molar-refractivity contribution < 1.29 is 0 Å². The zero-order valence-electron chi connectivity index (χ0n) is 10.3. The van der Waals surface area contributed by atoms with E-state index in [2.05, 4.69) is 50.2 Å². The van der Waals surface area contributed by atoms with Crippen LogP contribution in [-0.2, 0) is 6.42 Å². The summed E-state index contributed by atoms with van der Waals surface area (Å²) in [4.78, 5) is 2.14. The Morgan fingerprint density at radius 3 is 2.13 bits per heavy atom. The first kappa shape index (κ1) is 12.1. The molecule has 84 valence electrons. The minimum Gasteiger partial charge on any atom is -0.378 e. The molecule has 0 fully saturated rings. The van der Waals surface area contributed by atoms with Gasteiger partial charge >= 0.3 is 0 Å². The summed E-state index contributed by atoms with van der Waals surface area (Å²) in [7, 11) is 4.16. The highest BCUT2D eigenvalue weighted by atomic mass is 15.1. The third kappa shape index (κ3) is 4.37. The Morgan fingerprint density at radius 2 is 1.60 bits per heavy atom. The number of aryl methyl sites for hydroxylation is 1. The molecule has 15 heavy (non-hydrogen) atoms. The molecule has 0 atom stereocenters. The van der Waals surface area contributed by atoms with E-state index in [0.717, 1.165) is 0 Å². The first-order chi connectivity index (χ1) is 7.24. The Labute approximate surface area is 94.1 Å². The van der Waals surface area contributed by atoms with Crippen LogP contribution in [0.5, 0.6) is 0 Å². The van der Waals surface area contributed by atoms with Gasteiger partial charge in [-0.2, -0.15) is 0 Å². The zero-order valence-corrected chi connectivity index (χ0v) is 10.3.